The summed E-state index contributed by atoms with van der Waals surface area (Å²) in [5, 5.41) is 18.3. The predicted octanol–water partition coefficient (Wildman–Crippen LogP) is 8.99. The summed E-state index contributed by atoms with van der Waals surface area (Å²) >= 11 is 0. The minimum atomic E-state index is -2.28. The topological polar surface area (TPSA) is 181 Å². The fourth-order valence-electron chi connectivity index (χ4n) is 11.5. The second-order valence-electron chi connectivity index (χ2n) is 27.6. The molecule has 2 fully saturated rings. The van der Waals surface area contributed by atoms with E-state index in [1.807, 2.05) is 32.9 Å². The smallest absolute Gasteiger partial charge is 0.857 e. The summed E-state index contributed by atoms with van der Waals surface area (Å²) in [6.07, 6.45) is 3.22. The average molecular weight is 1210 g/mol. The predicted molar refractivity (Wildman–Crippen MR) is 333 cm³/mol. The van der Waals surface area contributed by atoms with Gasteiger partial charge in [-0.1, -0.05) is 140 Å². The van der Waals surface area contributed by atoms with Gasteiger partial charge in [0.2, 0.25) is 0 Å². The van der Waals surface area contributed by atoms with Crippen molar-refractivity contribution < 1.29 is 86.8 Å². The number of hydrogen-bond acceptors (Lipinski definition) is 12. The molecule has 460 valence electrons. The van der Waals surface area contributed by atoms with Gasteiger partial charge in [0.25, 0.3) is 23.6 Å². The van der Waals surface area contributed by atoms with Gasteiger partial charge in [-0.2, -0.15) is 7.11 Å². The number of hydrogen-bond donors (Lipinski definition) is 1. The van der Waals surface area contributed by atoms with Crippen molar-refractivity contribution in [1.29, 1.82) is 0 Å². The first-order valence-electron chi connectivity index (χ1n) is 30.3. The molecule has 85 heavy (non-hydrogen) atoms. The summed E-state index contributed by atoms with van der Waals surface area (Å²) in [6.45, 7) is 32.4. The first-order chi connectivity index (χ1) is 39.4. The third-order valence-corrected chi connectivity index (χ3v) is 27.7. The van der Waals surface area contributed by atoms with Gasteiger partial charge in [-0.25, -0.2) is 0 Å². The maximum atomic E-state index is 13.3. The Labute approximate surface area is 532 Å². The summed E-state index contributed by atoms with van der Waals surface area (Å²) in [4.78, 5) is 68.4. The molecule has 0 aliphatic carbocycles. The van der Waals surface area contributed by atoms with E-state index in [-0.39, 0.29) is 150 Å². The monoisotopic (exact) mass is 1210 g/mol. The summed E-state index contributed by atoms with van der Waals surface area (Å²) < 4.78 is 32.7. The van der Waals surface area contributed by atoms with E-state index in [0.717, 1.165) is 32.8 Å². The minimum absolute atomic E-state index is 0. The molecule has 2 saturated heterocycles. The Balaban J connectivity index is 0.000000301. The normalized spacial score (nSPS) is 23.1. The van der Waals surface area contributed by atoms with Crippen molar-refractivity contribution in [3.8, 4) is 0 Å². The number of esters is 1. The van der Waals surface area contributed by atoms with Crippen LogP contribution < -0.4 is 34.7 Å². The van der Waals surface area contributed by atoms with Crippen LogP contribution in [0, 0.1) is 29.1 Å². The number of fused-ring (bicyclic) bond motifs is 2. The van der Waals surface area contributed by atoms with Crippen LogP contribution in [0.5, 0.6) is 0 Å². The number of carbonyl (C=O) groups excluding carboxylic acids is 5. The van der Waals surface area contributed by atoms with Crippen LogP contribution in [0.15, 0.2) is 109 Å². The van der Waals surface area contributed by atoms with E-state index in [0.29, 0.717) is 35.1 Å². The molecule has 4 heterocycles. The van der Waals surface area contributed by atoms with Crippen LogP contribution in [-0.4, -0.2) is 131 Å². The van der Waals surface area contributed by atoms with Crippen molar-refractivity contribution in [1.82, 2.24) is 9.80 Å². The molecule has 0 saturated carbocycles. The van der Waals surface area contributed by atoms with Gasteiger partial charge in [-0.15, -0.1) is 0 Å². The van der Waals surface area contributed by atoms with Gasteiger partial charge in [-0.05, 0) is 142 Å². The Morgan fingerprint density at radius 2 is 0.859 bits per heavy atom. The Hall–Kier alpha value is -4.18. The second kappa shape index (κ2) is 30.4. The van der Waals surface area contributed by atoms with E-state index in [2.05, 4.69) is 130 Å². The Morgan fingerprint density at radius 3 is 1.18 bits per heavy atom. The molecular formula is C68H97N2NaO12Si2. The number of ether oxygens (including phenoxy) is 3. The van der Waals surface area contributed by atoms with E-state index in [1.165, 1.54) is 20.9 Å². The molecule has 4 unspecified atom stereocenters. The van der Waals surface area contributed by atoms with Gasteiger partial charge in [0.15, 0.2) is 16.6 Å². The van der Waals surface area contributed by atoms with Crippen LogP contribution in [-0.2, 0) is 40.7 Å². The number of benzene rings is 4. The molecule has 4 aromatic carbocycles. The van der Waals surface area contributed by atoms with Gasteiger partial charge in [0.05, 0.1) is 84.0 Å². The molecule has 8 rings (SSSR count). The molecule has 4 aliphatic heterocycles. The largest absolute Gasteiger partial charge is 1.00 e. The number of aliphatic hydroxyl groups excluding tert-OH is 1. The standard InChI is InChI=1S/C36H51NO6Si.C31H43NO5Si.CH3O.Na/c1-24-27(20-19-25-15-11-10-12-16-25)31(23-41-34(40)35(2,3)4)42-30(24)21-26(43-44(8,9)36(5,6)7)22-37-32(38)28-17-13-14-18-29(28)33(37)39;1-21-24(17-16-22-12-8-7-9-13-22)28(20-33)36-27(21)18-23(37-38(5,6)31(2,3)4)19-32-29(34)25-14-10-11-15-26(25)30(32)35;1-2;/h10-18,24,26-27,30-31H,19-23H2,1-9H3;7-15,21,23-24,27-28,33H,16-20H2,1-6H3;1H3;/q;;-1;+1/t24-,26?,27?,30-,31+;21-,23?,24?,27-,28+;;/m11../s1. The van der Waals surface area contributed by atoms with Crippen LogP contribution >= 0.6 is 0 Å². The fourth-order valence-corrected chi connectivity index (χ4v) is 14.2. The first-order valence-corrected chi connectivity index (χ1v) is 36.1. The van der Waals surface area contributed by atoms with Crippen LogP contribution in [0.4, 0.5) is 0 Å². The van der Waals surface area contributed by atoms with Crippen LogP contribution in [0.1, 0.15) is 154 Å². The number of aliphatic hydroxyl groups is 1. The van der Waals surface area contributed by atoms with E-state index >= 15 is 0 Å². The molecule has 4 aromatic rings. The summed E-state index contributed by atoms with van der Waals surface area (Å²) in [7, 11) is -3.74. The molecule has 17 heteroatoms. The van der Waals surface area contributed by atoms with Gasteiger partial charge in [-0.3, -0.25) is 33.8 Å². The van der Waals surface area contributed by atoms with Gasteiger partial charge in [0, 0.05) is 12.8 Å². The number of imide groups is 2. The average Bonchev–Trinajstić information content (AvgIpc) is 4.22. The Kier molecular flexibility index (Phi) is 25.6. The quantitative estimate of drug-likeness (QED) is 0.0476. The van der Waals surface area contributed by atoms with E-state index in [4.69, 9.17) is 28.2 Å². The van der Waals surface area contributed by atoms with Crippen LogP contribution in [0.2, 0.25) is 36.3 Å². The SMILES string of the molecule is C[C@@H]1C(CCc2ccccc2)[C@H](CO)O[C@@H]1CC(CN1C(=O)c2ccccc2C1=O)O[Si](C)(C)C(C)(C)C.C[C@@H]1C(CCc2ccccc2)[C@H](COC(=O)C(C)(C)C)O[C@@H]1CC(CN1C(=O)c2ccccc2C1=O)O[Si](C)(C)C(C)(C)C.C[O-].[Na+]. The zero-order valence-electron chi connectivity index (χ0n) is 54.1. The maximum absolute atomic E-state index is 13.3. The number of rotatable bonds is 21. The molecule has 10 atom stereocenters. The number of amides is 4. The van der Waals surface area contributed by atoms with Crippen molar-refractivity contribution in [2.75, 3.05) is 33.4 Å². The first kappa shape index (κ1) is 71.6. The number of carbonyl (C=O) groups is 5. The van der Waals surface area contributed by atoms with Crippen LogP contribution in [0.3, 0.4) is 0 Å². The molecule has 4 amide bonds. The van der Waals surface area contributed by atoms with E-state index in [1.54, 1.807) is 48.5 Å². The van der Waals surface area contributed by atoms with Crippen molar-refractivity contribution in [3.63, 3.8) is 0 Å². The molecule has 0 aromatic heterocycles. The van der Waals surface area contributed by atoms with Crippen LogP contribution in [0.25, 0.3) is 0 Å². The van der Waals surface area contributed by atoms with Crippen molar-refractivity contribution in [2.45, 2.75) is 188 Å². The van der Waals surface area contributed by atoms with Gasteiger partial charge >= 0.3 is 35.5 Å². The molecule has 14 nitrogen and oxygen atoms in total. The van der Waals surface area contributed by atoms with Crippen molar-refractivity contribution >= 4 is 46.2 Å². The number of aryl methyl sites for hydroxylation is 2. The summed E-state index contributed by atoms with van der Waals surface area (Å²) in [5.74, 6) is -0.562. The van der Waals surface area contributed by atoms with Gasteiger partial charge in [0.1, 0.15) is 6.61 Å². The minimum Gasteiger partial charge on any atom is -0.857 e. The second-order valence-corrected chi connectivity index (χ2v) is 37.1. The molecule has 0 bridgehead atoms. The molecule has 1 N–H and O–H groups in total. The summed E-state index contributed by atoms with van der Waals surface area (Å²) in [5.41, 5.74) is 3.73. The third-order valence-electron chi connectivity index (χ3n) is 18.6. The molecule has 4 aliphatic rings. The van der Waals surface area contributed by atoms with E-state index in [9.17, 15) is 29.1 Å². The Bertz CT molecular complexity index is 2780. The Morgan fingerprint density at radius 1 is 0.541 bits per heavy atom. The fraction of sp³-hybridized carbons (Fsp3) is 0.574. The maximum Gasteiger partial charge on any atom is 1.00 e. The third kappa shape index (κ3) is 17.8. The van der Waals surface area contributed by atoms with Crippen molar-refractivity contribution in [3.05, 3.63) is 143 Å². The number of nitrogens with zero attached hydrogens (tertiary/aromatic N) is 2. The van der Waals surface area contributed by atoms with Gasteiger partial charge < -0.3 is 33.3 Å². The van der Waals surface area contributed by atoms with Crippen molar-refractivity contribution in [2.24, 2.45) is 29.1 Å². The van der Waals surface area contributed by atoms with E-state index < -0.39 is 28.2 Å². The molecule has 0 radical (unpaired) electrons. The molecular weight excluding hydrogens is 1120 g/mol. The molecule has 0 spiro atoms. The zero-order valence-corrected chi connectivity index (χ0v) is 58.1. The zero-order chi connectivity index (χ0) is 62.1. The summed E-state index contributed by atoms with van der Waals surface area (Å²) in [6, 6.07) is 34.8.